The van der Waals surface area contributed by atoms with Crippen LogP contribution < -0.4 is 4.72 Å². The number of sulfonamides is 1. The molecule has 0 aliphatic carbocycles. The lowest BCUT2D eigenvalue weighted by Crippen LogP contribution is -2.16. The van der Waals surface area contributed by atoms with Crippen molar-refractivity contribution < 1.29 is 21.6 Å². The molecule has 170 valence electrons. The third-order valence-corrected chi connectivity index (χ3v) is 7.58. The third-order valence-electron chi connectivity index (χ3n) is 4.66. The first-order valence-corrected chi connectivity index (χ1v) is 12.1. The minimum absolute atomic E-state index is 0.216. The van der Waals surface area contributed by atoms with Crippen molar-refractivity contribution in [2.24, 2.45) is 0 Å². The van der Waals surface area contributed by atoms with Gasteiger partial charge in [0.25, 0.3) is 10.0 Å². The number of fused-ring (bicyclic) bond motifs is 1. The number of anilines is 1. The zero-order chi connectivity index (χ0) is 23.8. The van der Waals surface area contributed by atoms with E-state index in [0.717, 1.165) is 26.6 Å². The van der Waals surface area contributed by atoms with Crippen LogP contribution in [0.1, 0.15) is 11.3 Å². The zero-order valence-corrected chi connectivity index (χ0v) is 19.3. The van der Waals surface area contributed by atoms with Crippen molar-refractivity contribution in [3.05, 3.63) is 83.1 Å². The van der Waals surface area contributed by atoms with E-state index in [2.05, 4.69) is 14.7 Å². The fourth-order valence-electron chi connectivity index (χ4n) is 3.03. The van der Waals surface area contributed by atoms with Crippen LogP contribution in [0.25, 0.3) is 10.8 Å². The minimum Gasteiger partial charge on any atom is -0.247 e. The van der Waals surface area contributed by atoms with E-state index in [9.17, 15) is 21.6 Å². The highest BCUT2D eigenvalue weighted by atomic mass is 35.5. The molecule has 0 radical (unpaired) electrons. The summed E-state index contributed by atoms with van der Waals surface area (Å²) in [5.74, 6) is -0.216. The van der Waals surface area contributed by atoms with Crippen LogP contribution >= 0.6 is 23.4 Å². The van der Waals surface area contributed by atoms with Gasteiger partial charge in [0.1, 0.15) is 4.90 Å². The van der Waals surface area contributed by atoms with Crippen LogP contribution in [-0.4, -0.2) is 18.4 Å². The van der Waals surface area contributed by atoms with Gasteiger partial charge in [-0.2, -0.15) is 13.2 Å². The lowest BCUT2D eigenvalue weighted by Gasteiger charge is -2.12. The average molecular weight is 510 g/mol. The van der Waals surface area contributed by atoms with Gasteiger partial charge < -0.3 is 0 Å². The molecule has 0 amide bonds. The van der Waals surface area contributed by atoms with Crippen molar-refractivity contribution in [1.82, 2.24) is 9.97 Å². The Morgan fingerprint density at radius 1 is 1.00 bits per heavy atom. The summed E-state index contributed by atoms with van der Waals surface area (Å²) < 4.78 is 65.9. The highest BCUT2D eigenvalue weighted by molar-refractivity contribution is 7.99. The van der Waals surface area contributed by atoms with Gasteiger partial charge in [0.15, 0.2) is 0 Å². The molecule has 3 aromatic carbocycles. The quantitative estimate of drug-likeness (QED) is 0.330. The highest BCUT2D eigenvalue weighted by Gasteiger charge is 2.32. The normalized spacial score (nSPS) is 12.2. The summed E-state index contributed by atoms with van der Waals surface area (Å²) in [7, 11) is -4.30. The number of aryl methyl sites for hydroxylation is 1. The van der Waals surface area contributed by atoms with Crippen LogP contribution in [0.5, 0.6) is 0 Å². The summed E-state index contributed by atoms with van der Waals surface area (Å²) in [4.78, 5) is 9.41. The maximum absolute atomic E-state index is 12.8. The van der Waals surface area contributed by atoms with E-state index in [1.54, 1.807) is 6.92 Å². The van der Waals surface area contributed by atoms with Gasteiger partial charge >= 0.3 is 6.18 Å². The molecule has 0 saturated carbocycles. The molecule has 0 aliphatic heterocycles. The van der Waals surface area contributed by atoms with Crippen LogP contribution in [0.3, 0.4) is 0 Å². The molecule has 0 spiro atoms. The van der Waals surface area contributed by atoms with Crippen molar-refractivity contribution >= 4 is 50.1 Å². The smallest absolute Gasteiger partial charge is 0.247 e. The maximum Gasteiger partial charge on any atom is 0.416 e. The molecule has 4 aromatic rings. The Bertz CT molecular complexity index is 1460. The number of nitrogens with one attached hydrogen (secondary N) is 1. The fraction of sp³-hybridized carbons (Fsp3) is 0.0909. The second-order valence-electron chi connectivity index (χ2n) is 7.00. The van der Waals surface area contributed by atoms with Gasteiger partial charge in [-0.3, -0.25) is 0 Å². The van der Waals surface area contributed by atoms with Crippen LogP contribution in [0.15, 0.2) is 81.5 Å². The summed E-state index contributed by atoms with van der Waals surface area (Å²) in [6.07, 6.45) is -3.16. The van der Waals surface area contributed by atoms with Gasteiger partial charge in [0.2, 0.25) is 5.95 Å². The molecular weight excluding hydrogens is 495 g/mol. The molecule has 0 bridgehead atoms. The van der Waals surface area contributed by atoms with Gasteiger partial charge in [0, 0.05) is 11.1 Å². The molecule has 0 aliphatic rings. The Balaban J connectivity index is 1.55. The fourth-order valence-corrected chi connectivity index (χ4v) is 5.40. The lowest BCUT2D eigenvalue weighted by atomic mass is 10.1. The molecule has 0 atom stereocenters. The number of halogens is 4. The van der Waals surface area contributed by atoms with Crippen molar-refractivity contribution in [3.63, 3.8) is 0 Å². The SMILES string of the molecule is Cc1nc(NS(=O)(=O)c2ccc(C(F)(F)F)cc2Cl)ncc1Sc1ccc2ccccc2c1. The highest BCUT2D eigenvalue weighted by Crippen LogP contribution is 2.34. The monoisotopic (exact) mass is 509 g/mol. The largest absolute Gasteiger partial charge is 0.416 e. The van der Waals surface area contributed by atoms with Crippen molar-refractivity contribution in [2.75, 3.05) is 4.72 Å². The van der Waals surface area contributed by atoms with Gasteiger partial charge in [-0.15, -0.1) is 0 Å². The molecule has 1 aromatic heterocycles. The molecule has 0 saturated heterocycles. The van der Waals surface area contributed by atoms with E-state index >= 15 is 0 Å². The molecule has 4 rings (SSSR count). The Labute approximate surface area is 197 Å². The number of hydrogen-bond acceptors (Lipinski definition) is 5. The van der Waals surface area contributed by atoms with Gasteiger partial charge in [0.05, 0.1) is 21.2 Å². The van der Waals surface area contributed by atoms with E-state index in [0.29, 0.717) is 17.8 Å². The van der Waals surface area contributed by atoms with Crippen LogP contribution in [0, 0.1) is 6.92 Å². The van der Waals surface area contributed by atoms with E-state index in [1.165, 1.54) is 18.0 Å². The molecule has 11 heteroatoms. The van der Waals surface area contributed by atoms with Crippen LogP contribution in [-0.2, 0) is 16.2 Å². The number of alkyl halides is 3. The summed E-state index contributed by atoms with van der Waals surface area (Å²) >= 11 is 7.24. The second kappa shape index (κ2) is 8.85. The lowest BCUT2D eigenvalue weighted by molar-refractivity contribution is -0.137. The molecule has 1 N–H and O–H groups in total. The van der Waals surface area contributed by atoms with Crippen molar-refractivity contribution in [1.29, 1.82) is 0 Å². The molecule has 33 heavy (non-hydrogen) atoms. The molecule has 1 heterocycles. The zero-order valence-electron chi connectivity index (χ0n) is 16.9. The standard InChI is InChI=1S/C22H15ClF3N3O2S2/c1-13-19(32-17-8-6-14-4-2-3-5-15(14)10-17)12-27-21(28-13)29-33(30,31)20-9-7-16(11-18(20)23)22(24,25)26/h2-12H,1H3,(H,27,28,29). The molecule has 0 fully saturated rings. The summed E-state index contributed by atoms with van der Waals surface area (Å²) in [6.45, 7) is 1.70. The predicted molar refractivity (Wildman–Crippen MR) is 122 cm³/mol. The van der Waals surface area contributed by atoms with E-state index in [1.807, 2.05) is 42.5 Å². The van der Waals surface area contributed by atoms with E-state index in [4.69, 9.17) is 11.6 Å². The van der Waals surface area contributed by atoms with E-state index < -0.39 is 31.7 Å². The summed E-state index contributed by atoms with van der Waals surface area (Å²) in [5.41, 5.74) is -0.520. The number of aromatic nitrogens is 2. The van der Waals surface area contributed by atoms with Crippen molar-refractivity contribution in [2.45, 2.75) is 27.8 Å². The van der Waals surface area contributed by atoms with Gasteiger partial charge in [-0.05, 0) is 48.0 Å². The van der Waals surface area contributed by atoms with Gasteiger partial charge in [-0.1, -0.05) is 53.7 Å². The Hall–Kier alpha value is -2.82. The van der Waals surface area contributed by atoms with Crippen LogP contribution in [0.2, 0.25) is 5.02 Å². The van der Waals surface area contributed by atoms with Gasteiger partial charge in [-0.25, -0.2) is 23.1 Å². The summed E-state index contributed by atoms with van der Waals surface area (Å²) in [6, 6.07) is 15.9. The predicted octanol–water partition coefficient (Wildman–Crippen LogP) is 6.56. The molecule has 5 nitrogen and oxygen atoms in total. The Morgan fingerprint density at radius 2 is 1.73 bits per heavy atom. The number of benzene rings is 3. The summed E-state index contributed by atoms with van der Waals surface area (Å²) in [5, 5.41) is 1.64. The van der Waals surface area contributed by atoms with Crippen LogP contribution in [0.4, 0.5) is 19.1 Å². The number of rotatable bonds is 5. The first kappa shape index (κ1) is 23.3. The molecular formula is C22H15ClF3N3O2S2. The third kappa shape index (κ3) is 5.23. The first-order valence-electron chi connectivity index (χ1n) is 9.43. The number of hydrogen-bond donors (Lipinski definition) is 1. The topological polar surface area (TPSA) is 72.0 Å². The Kier molecular flexibility index (Phi) is 6.26. The second-order valence-corrected chi connectivity index (χ2v) is 10.2. The average Bonchev–Trinajstić information content (AvgIpc) is 2.74. The molecule has 0 unspecified atom stereocenters. The maximum atomic E-state index is 12.8. The minimum atomic E-state index is -4.64. The number of nitrogens with zero attached hydrogens (tertiary/aromatic N) is 2. The Morgan fingerprint density at radius 3 is 2.39 bits per heavy atom. The first-order chi connectivity index (χ1) is 15.5. The van der Waals surface area contributed by atoms with E-state index in [-0.39, 0.29) is 5.95 Å². The van der Waals surface area contributed by atoms with Crippen molar-refractivity contribution in [3.8, 4) is 0 Å².